The summed E-state index contributed by atoms with van der Waals surface area (Å²) in [7, 11) is 0. The Morgan fingerprint density at radius 1 is 1.42 bits per heavy atom. The van der Waals surface area contributed by atoms with Crippen LogP contribution < -0.4 is 5.32 Å². The number of amides is 1. The summed E-state index contributed by atoms with van der Waals surface area (Å²) in [6, 6.07) is 0. The molecular weight excluding hydrogens is 264 g/mol. The first-order valence-corrected chi connectivity index (χ1v) is 7.90. The SMILES string of the molecule is CC1(C(=O)O)CCN(C(=O)CSC2CCNCC2)C1. The van der Waals surface area contributed by atoms with Gasteiger partial charge in [-0.05, 0) is 39.3 Å². The monoisotopic (exact) mass is 286 g/mol. The minimum atomic E-state index is -0.797. The van der Waals surface area contributed by atoms with Gasteiger partial charge in [0.1, 0.15) is 0 Å². The highest BCUT2D eigenvalue weighted by atomic mass is 32.2. The summed E-state index contributed by atoms with van der Waals surface area (Å²) in [6.07, 6.45) is 2.79. The Balaban J connectivity index is 1.76. The van der Waals surface area contributed by atoms with Crippen LogP contribution in [0.5, 0.6) is 0 Å². The summed E-state index contributed by atoms with van der Waals surface area (Å²) in [5.41, 5.74) is -0.755. The predicted molar refractivity (Wildman–Crippen MR) is 75.3 cm³/mol. The topological polar surface area (TPSA) is 69.6 Å². The lowest BCUT2D eigenvalue weighted by Gasteiger charge is -2.24. The van der Waals surface area contributed by atoms with E-state index in [1.54, 1.807) is 23.6 Å². The summed E-state index contributed by atoms with van der Waals surface area (Å²) in [4.78, 5) is 25.0. The quantitative estimate of drug-likeness (QED) is 0.800. The van der Waals surface area contributed by atoms with Crippen LogP contribution in [0.1, 0.15) is 26.2 Å². The van der Waals surface area contributed by atoms with Crippen molar-refractivity contribution in [3.8, 4) is 0 Å². The normalized spacial score (nSPS) is 28.6. The molecule has 2 aliphatic heterocycles. The average molecular weight is 286 g/mol. The number of carboxylic acids is 1. The van der Waals surface area contributed by atoms with Gasteiger partial charge in [0.05, 0.1) is 11.2 Å². The Morgan fingerprint density at radius 2 is 2.11 bits per heavy atom. The van der Waals surface area contributed by atoms with Crippen molar-refractivity contribution in [3.63, 3.8) is 0 Å². The van der Waals surface area contributed by atoms with Crippen molar-refractivity contribution in [1.29, 1.82) is 0 Å². The van der Waals surface area contributed by atoms with Crippen molar-refractivity contribution in [2.24, 2.45) is 5.41 Å². The van der Waals surface area contributed by atoms with Crippen molar-refractivity contribution < 1.29 is 14.7 Å². The average Bonchev–Trinajstić information content (AvgIpc) is 2.81. The van der Waals surface area contributed by atoms with E-state index in [0.717, 1.165) is 25.9 Å². The fraction of sp³-hybridized carbons (Fsp3) is 0.846. The van der Waals surface area contributed by atoms with E-state index in [1.165, 1.54) is 0 Å². The molecule has 2 fully saturated rings. The largest absolute Gasteiger partial charge is 0.481 e. The molecule has 0 aromatic rings. The van der Waals surface area contributed by atoms with Crippen LogP contribution >= 0.6 is 11.8 Å². The standard InChI is InChI=1S/C13H22N2O3S/c1-13(12(17)18)4-7-15(9-13)11(16)8-19-10-2-5-14-6-3-10/h10,14H,2-9H2,1H3,(H,17,18). The molecule has 2 N–H and O–H groups in total. The highest BCUT2D eigenvalue weighted by molar-refractivity contribution is 8.00. The van der Waals surface area contributed by atoms with Crippen molar-refractivity contribution in [2.75, 3.05) is 31.9 Å². The van der Waals surface area contributed by atoms with Crippen LogP contribution in [0.3, 0.4) is 0 Å². The first kappa shape index (κ1) is 14.7. The molecule has 2 saturated heterocycles. The van der Waals surface area contributed by atoms with Gasteiger partial charge in [0.2, 0.25) is 5.91 Å². The van der Waals surface area contributed by atoms with E-state index in [2.05, 4.69) is 5.32 Å². The van der Waals surface area contributed by atoms with Crippen LogP contribution in [0.4, 0.5) is 0 Å². The van der Waals surface area contributed by atoms with Gasteiger partial charge in [0, 0.05) is 18.3 Å². The number of piperidine rings is 1. The lowest BCUT2D eigenvalue weighted by atomic mass is 9.90. The number of nitrogens with one attached hydrogen (secondary N) is 1. The number of likely N-dealkylation sites (tertiary alicyclic amines) is 1. The van der Waals surface area contributed by atoms with Gasteiger partial charge in [-0.2, -0.15) is 0 Å². The molecule has 5 nitrogen and oxygen atoms in total. The maximum atomic E-state index is 12.1. The van der Waals surface area contributed by atoms with Crippen molar-refractivity contribution >= 4 is 23.6 Å². The highest BCUT2D eigenvalue weighted by Crippen LogP contribution is 2.31. The van der Waals surface area contributed by atoms with E-state index in [9.17, 15) is 9.59 Å². The Bertz CT molecular complexity index is 358. The highest BCUT2D eigenvalue weighted by Gasteiger charge is 2.41. The Labute approximate surface area is 118 Å². The van der Waals surface area contributed by atoms with Crippen LogP contribution in [0.2, 0.25) is 0 Å². The maximum Gasteiger partial charge on any atom is 0.311 e. The summed E-state index contributed by atoms with van der Waals surface area (Å²) < 4.78 is 0. The van der Waals surface area contributed by atoms with E-state index in [-0.39, 0.29) is 5.91 Å². The fourth-order valence-corrected chi connectivity index (χ4v) is 3.72. The summed E-state index contributed by atoms with van der Waals surface area (Å²) >= 11 is 1.72. The molecule has 0 aromatic carbocycles. The molecule has 19 heavy (non-hydrogen) atoms. The first-order valence-electron chi connectivity index (χ1n) is 6.85. The fourth-order valence-electron chi connectivity index (χ4n) is 2.59. The van der Waals surface area contributed by atoms with Crippen LogP contribution in [0.15, 0.2) is 0 Å². The number of rotatable bonds is 4. The molecule has 0 spiro atoms. The minimum absolute atomic E-state index is 0.0912. The minimum Gasteiger partial charge on any atom is -0.481 e. The van der Waals surface area contributed by atoms with E-state index >= 15 is 0 Å². The molecule has 0 aromatic heterocycles. The van der Waals surface area contributed by atoms with Crippen LogP contribution in [-0.2, 0) is 9.59 Å². The zero-order valence-corrected chi connectivity index (χ0v) is 12.2. The molecule has 2 heterocycles. The first-order chi connectivity index (χ1) is 9.01. The van der Waals surface area contributed by atoms with Gasteiger partial charge >= 0.3 is 5.97 Å². The molecule has 108 valence electrons. The molecule has 0 radical (unpaired) electrons. The zero-order chi connectivity index (χ0) is 13.9. The number of thioether (sulfide) groups is 1. The number of hydrogen-bond acceptors (Lipinski definition) is 4. The molecule has 6 heteroatoms. The van der Waals surface area contributed by atoms with Crippen molar-refractivity contribution in [1.82, 2.24) is 10.2 Å². The molecule has 1 unspecified atom stereocenters. The second-order valence-corrected chi connectivity index (χ2v) is 6.98. The number of carbonyl (C=O) groups is 2. The second-order valence-electron chi connectivity index (χ2n) is 5.69. The number of aliphatic carboxylic acids is 1. The van der Waals surface area contributed by atoms with Crippen molar-refractivity contribution in [3.05, 3.63) is 0 Å². The van der Waals surface area contributed by atoms with Gasteiger partial charge in [-0.1, -0.05) is 0 Å². The van der Waals surface area contributed by atoms with Gasteiger partial charge in [-0.15, -0.1) is 11.8 Å². The van der Waals surface area contributed by atoms with Gasteiger partial charge in [0.25, 0.3) is 0 Å². The van der Waals surface area contributed by atoms with Crippen LogP contribution in [-0.4, -0.2) is 59.1 Å². The number of carboxylic acid groups (broad SMARTS) is 1. The van der Waals surface area contributed by atoms with E-state index in [1.807, 2.05) is 0 Å². The third-order valence-corrected chi connectivity index (χ3v) is 5.43. The van der Waals surface area contributed by atoms with Crippen molar-refractivity contribution in [2.45, 2.75) is 31.4 Å². The van der Waals surface area contributed by atoms with Crippen LogP contribution in [0, 0.1) is 5.41 Å². The molecule has 2 rings (SSSR count). The third-order valence-electron chi connectivity index (χ3n) is 4.07. The van der Waals surface area contributed by atoms with Crippen LogP contribution in [0.25, 0.3) is 0 Å². The molecule has 1 amide bonds. The van der Waals surface area contributed by atoms with Gasteiger partial charge in [0.15, 0.2) is 0 Å². The molecule has 1 atom stereocenters. The maximum absolute atomic E-state index is 12.1. The second kappa shape index (κ2) is 6.13. The lowest BCUT2D eigenvalue weighted by molar-refractivity contribution is -0.147. The lowest BCUT2D eigenvalue weighted by Crippen LogP contribution is -2.36. The molecular formula is C13H22N2O3S. The summed E-state index contributed by atoms with van der Waals surface area (Å²) in [5, 5.41) is 13.0. The molecule has 2 aliphatic rings. The van der Waals surface area contributed by atoms with E-state index < -0.39 is 11.4 Å². The van der Waals surface area contributed by atoms with E-state index in [0.29, 0.717) is 30.5 Å². The summed E-state index contributed by atoms with van der Waals surface area (Å²) in [6.45, 7) is 4.73. The van der Waals surface area contributed by atoms with Gasteiger partial charge in [-0.3, -0.25) is 9.59 Å². The number of hydrogen-bond donors (Lipinski definition) is 2. The molecule has 0 bridgehead atoms. The van der Waals surface area contributed by atoms with Gasteiger partial charge in [-0.25, -0.2) is 0 Å². The zero-order valence-electron chi connectivity index (χ0n) is 11.4. The number of carbonyl (C=O) groups excluding carboxylic acids is 1. The third kappa shape index (κ3) is 3.63. The Hall–Kier alpha value is -0.750. The predicted octanol–water partition coefficient (Wildman–Crippen LogP) is 0.795. The molecule has 0 aliphatic carbocycles. The van der Waals surface area contributed by atoms with Gasteiger partial charge < -0.3 is 15.3 Å². The number of nitrogens with zero attached hydrogens (tertiary/aromatic N) is 1. The smallest absolute Gasteiger partial charge is 0.311 e. The van der Waals surface area contributed by atoms with E-state index in [4.69, 9.17) is 5.11 Å². The Morgan fingerprint density at radius 3 is 2.68 bits per heavy atom. The molecule has 0 saturated carbocycles. The summed E-state index contributed by atoms with van der Waals surface area (Å²) in [5.74, 6) is -0.220. The Kier molecular flexibility index (Phi) is 4.73.